The summed E-state index contributed by atoms with van der Waals surface area (Å²) in [6.07, 6.45) is 15.6. The number of anilines is 2. The number of aromatic nitrogens is 1. The lowest BCUT2D eigenvalue weighted by molar-refractivity contribution is 0.306. The van der Waals surface area contributed by atoms with E-state index in [1.165, 1.54) is 32.7 Å². The summed E-state index contributed by atoms with van der Waals surface area (Å²) in [5, 5.41) is 5.43. The van der Waals surface area contributed by atoms with E-state index in [-0.39, 0.29) is 0 Å². The van der Waals surface area contributed by atoms with E-state index in [1.807, 2.05) is 57.2 Å². The molecule has 0 amide bonds. The molecular weight excluding hydrogens is 1000 g/mol. The van der Waals surface area contributed by atoms with Gasteiger partial charge in [0, 0.05) is 62.2 Å². The minimum absolute atomic E-state index is 0.547. The Morgan fingerprint density at radius 2 is 1.33 bits per heavy atom. The highest BCUT2D eigenvalue weighted by atomic mass is 32.2. The number of furan rings is 1. The van der Waals surface area contributed by atoms with Gasteiger partial charge in [0.2, 0.25) is 0 Å². The molecule has 0 N–H and O–H groups in total. The molecule has 0 saturated heterocycles. The second-order valence-corrected chi connectivity index (χ2v) is 20.6. The summed E-state index contributed by atoms with van der Waals surface area (Å²) in [6.45, 7) is 31.4. The van der Waals surface area contributed by atoms with Gasteiger partial charge < -0.3 is 18.6 Å². The van der Waals surface area contributed by atoms with Crippen LogP contribution in [0.5, 0.6) is 0 Å². The molecule has 0 aliphatic rings. The molecule has 0 aliphatic carbocycles. The van der Waals surface area contributed by atoms with Crippen molar-refractivity contribution < 1.29 is 9.15 Å². The molecule has 2 aromatic heterocycles. The summed E-state index contributed by atoms with van der Waals surface area (Å²) in [4.78, 5) is 4.61. The first-order valence-electron chi connectivity index (χ1n) is 27.9. The van der Waals surface area contributed by atoms with Crippen molar-refractivity contribution in [2.45, 2.75) is 66.2 Å². The Hall–Kier alpha value is -9.03. The average molecular weight is 1080 g/mol. The van der Waals surface area contributed by atoms with Gasteiger partial charge in [-0.15, -0.1) is 0 Å². The van der Waals surface area contributed by atoms with Crippen molar-refractivity contribution in [2.24, 2.45) is 0 Å². The van der Waals surface area contributed by atoms with Gasteiger partial charge in [0.25, 0.3) is 0 Å². The predicted molar refractivity (Wildman–Crippen MR) is 355 cm³/mol. The Bertz CT molecular complexity index is 4060. The van der Waals surface area contributed by atoms with Gasteiger partial charge in [-0.3, -0.25) is 0 Å². The highest BCUT2D eigenvalue weighted by Gasteiger charge is 2.19. The molecule has 0 bridgehead atoms. The van der Waals surface area contributed by atoms with E-state index in [0.717, 1.165) is 106 Å². The zero-order chi connectivity index (χ0) is 57.4. The van der Waals surface area contributed by atoms with E-state index in [2.05, 4.69) is 252 Å². The normalized spacial score (nSPS) is 12.2. The number of para-hydroxylation sites is 1. The molecule has 406 valence electrons. The molecule has 10 aromatic rings. The van der Waals surface area contributed by atoms with E-state index in [0.29, 0.717) is 5.76 Å². The second kappa shape index (κ2) is 27.7. The molecule has 8 aromatic carbocycles. The third-order valence-corrected chi connectivity index (χ3v) is 15.6. The van der Waals surface area contributed by atoms with Crippen LogP contribution in [0.25, 0.3) is 83.9 Å². The van der Waals surface area contributed by atoms with Crippen LogP contribution < -0.4 is 15.5 Å². The van der Waals surface area contributed by atoms with Crippen molar-refractivity contribution in [3.63, 3.8) is 0 Å². The lowest BCUT2D eigenvalue weighted by atomic mass is 10.0. The Kier molecular flexibility index (Phi) is 19.9. The van der Waals surface area contributed by atoms with Crippen LogP contribution in [-0.4, -0.2) is 11.6 Å². The van der Waals surface area contributed by atoms with Crippen molar-refractivity contribution in [3.8, 4) is 27.9 Å². The molecule has 0 saturated carbocycles. The van der Waals surface area contributed by atoms with Crippen LogP contribution in [-0.2, 0) is 4.74 Å². The van der Waals surface area contributed by atoms with Crippen LogP contribution >= 0.6 is 11.8 Å². The summed E-state index contributed by atoms with van der Waals surface area (Å²) in [5.41, 5.74) is 16.7. The third-order valence-electron chi connectivity index (χ3n) is 14.3. The van der Waals surface area contributed by atoms with Crippen LogP contribution in [0.2, 0.25) is 0 Å². The molecule has 4 nitrogen and oxygen atoms in total. The highest BCUT2D eigenvalue weighted by molar-refractivity contribution is 8.08. The topological polar surface area (TPSA) is 30.5 Å². The monoisotopic (exact) mass is 1080 g/mol. The number of ether oxygens (including phenoxy) is 1. The Morgan fingerprint density at radius 3 is 1.98 bits per heavy atom. The number of allylic oxidation sites excluding steroid dienone is 9. The Balaban J connectivity index is 0.000000536. The van der Waals surface area contributed by atoms with Crippen molar-refractivity contribution >= 4 is 79.1 Å². The quantitative estimate of drug-likeness (QED) is 0.0516. The molecule has 0 unspecified atom stereocenters. The fraction of sp³-hybridized carbons (Fsp3) is 0.132. The first-order valence-corrected chi connectivity index (χ1v) is 28.7. The van der Waals surface area contributed by atoms with Gasteiger partial charge in [-0.05, 0) is 150 Å². The fourth-order valence-corrected chi connectivity index (χ4v) is 11.3. The van der Waals surface area contributed by atoms with Gasteiger partial charge in [-0.25, -0.2) is 0 Å². The van der Waals surface area contributed by atoms with Crippen LogP contribution in [0.3, 0.4) is 0 Å². The lowest BCUT2D eigenvalue weighted by Crippen LogP contribution is -2.28. The van der Waals surface area contributed by atoms with Crippen LogP contribution in [0.1, 0.15) is 71.1 Å². The van der Waals surface area contributed by atoms with Gasteiger partial charge in [0.1, 0.15) is 22.7 Å². The molecule has 0 atom stereocenters. The summed E-state index contributed by atoms with van der Waals surface area (Å²) in [5.74, 6) is 1.44. The van der Waals surface area contributed by atoms with E-state index in [4.69, 9.17) is 15.7 Å². The maximum Gasteiger partial charge on any atom is 0.135 e. The Labute approximate surface area is 484 Å². The van der Waals surface area contributed by atoms with Crippen LogP contribution in [0, 0.1) is 6.92 Å². The molecule has 2 heterocycles. The third kappa shape index (κ3) is 13.4. The van der Waals surface area contributed by atoms with Crippen molar-refractivity contribution in [2.75, 3.05) is 11.9 Å². The van der Waals surface area contributed by atoms with Gasteiger partial charge >= 0.3 is 0 Å². The van der Waals surface area contributed by atoms with Crippen LogP contribution in [0.4, 0.5) is 11.4 Å². The molecular formula is C76H74N2O2S. The molecule has 0 fully saturated rings. The largest absolute Gasteiger partial charge is 0.462 e. The standard InChI is InChI=1S/C62H58N2O2S.C12H10.C2H6/c1-11-15-23-48-32-35-56(63(10)51-34-37-60-54(40-51)53-28-19-20-29-59(53)66-60)43(7)62(48)67-45(9)61-44(8)64(57-36-33-50(39-55(57)61)46-24-17-16-18-25-46)52-27-21-26-49(38-52)41(5)30-31-47(22-12-2)58(14-4)65-42(6)13-3;1-3-7-11(8-4-1)12-9-5-2-6-10-12;1-2/h11-13,15-30,32-40H,1,3,6,8,14,31H2,2,4-5,7,9-10H3;1-10H;1-2H3/b22-12-,23-15+,41-30+,58-47-,61-45-;;. The van der Waals surface area contributed by atoms with Crippen LogP contribution in [0.15, 0.2) is 271 Å². The summed E-state index contributed by atoms with van der Waals surface area (Å²) >= 11 is 1.80. The minimum atomic E-state index is 0.547. The number of hydrogen-bond donors (Lipinski definition) is 0. The minimum Gasteiger partial charge on any atom is -0.462 e. The number of rotatable bonds is 17. The summed E-state index contributed by atoms with van der Waals surface area (Å²) in [6, 6.07) is 66.1. The van der Waals surface area contributed by atoms with Gasteiger partial charge in [0.15, 0.2) is 0 Å². The summed E-state index contributed by atoms with van der Waals surface area (Å²) in [7, 11) is 2.14. The van der Waals surface area contributed by atoms with Crippen molar-refractivity contribution in [1.82, 2.24) is 4.57 Å². The Morgan fingerprint density at radius 1 is 0.691 bits per heavy atom. The number of fused-ring (bicyclic) bond motifs is 4. The molecule has 5 heteroatoms. The van der Waals surface area contributed by atoms with Crippen molar-refractivity contribution in [1.29, 1.82) is 0 Å². The lowest BCUT2D eigenvalue weighted by Gasteiger charge is -2.24. The van der Waals surface area contributed by atoms with Gasteiger partial charge in [-0.1, -0.05) is 229 Å². The maximum atomic E-state index is 6.18. The smallest absolute Gasteiger partial charge is 0.135 e. The van der Waals surface area contributed by atoms with Gasteiger partial charge in [0.05, 0.1) is 5.52 Å². The molecule has 81 heavy (non-hydrogen) atoms. The number of thioether (sulfide) groups is 1. The van der Waals surface area contributed by atoms with Gasteiger partial charge in [-0.2, -0.15) is 0 Å². The highest BCUT2D eigenvalue weighted by Crippen LogP contribution is 2.41. The SMILES string of the molecule is C=C/C=C/c1ccc(N(C)c2ccc3oc4ccccc4c3c2)c(C)c1S/C(C)=c1/c(=C)n(-c2cccc(/C(C)=C/CC(/C=C\C)=C(/CC)OC(=C)C=C)c2)c2ccc(-c3ccccc3)cc12.CC.c1ccc(-c2ccccc2)cc1. The predicted octanol–water partition coefficient (Wildman–Crippen LogP) is 20.9. The zero-order valence-corrected chi connectivity index (χ0v) is 49.1. The first-order chi connectivity index (χ1) is 39.5. The van der Waals surface area contributed by atoms with E-state index in [9.17, 15) is 0 Å². The van der Waals surface area contributed by atoms with E-state index >= 15 is 0 Å². The maximum absolute atomic E-state index is 6.18. The van der Waals surface area contributed by atoms with E-state index in [1.54, 1.807) is 17.8 Å². The zero-order valence-electron chi connectivity index (χ0n) is 48.3. The fourth-order valence-electron chi connectivity index (χ4n) is 10.2. The molecule has 10 rings (SSSR count). The first kappa shape index (κ1) is 58.1. The summed E-state index contributed by atoms with van der Waals surface area (Å²) < 4.78 is 14.6. The number of nitrogens with zero attached hydrogens (tertiary/aromatic N) is 2. The molecule has 0 radical (unpaired) electrons. The van der Waals surface area contributed by atoms with E-state index < -0.39 is 0 Å². The molecule has 0 spiro atoms. The number of hydrogen-bond acceptors (Lipinski definition) is 4. The second-order valence-electron chi connectivity index (χ2n) is 19.4. The average Bonchev–Trinajstić information content (AvgIpc) is 4.05. The number of benzene rings is 8. The molecule has 0 aliphatic heterocycles. The van der Waals surface area contributed by atoms with Crippen molar-refractivity contribution in [3.05, 3.63) is 289 Å².